The summed E-state index contributed by atoms with van der Waals surface area (Å²) in [5, 5.41) is 2.56. The molecule has 2 heterocycles. The molecule has 17 rings (SSSR count). The average Bonchev–Trinajstić information content (AvgIpc) is 1.46. The van der Waals surface area contributed by atoms with Gasteiger partial charge in [-0.25, -0.2) is 0 Å². The van der Waals surface area contributed by atoms with Gasteiger partial charge in [-0.05, 0) is 211 Å². The van der Waals surface area contributed by atoms with Gasteiger partial charge in [0.15, 0.2) is 0 Å². The molecule has 90 heavy (non-hydrogen) atoms. The summed E-state index contributed by atoms with van der Waals surface area (Å²) in [5.41, 5.74) is 33.4. The van der Waals surface area contributed by atoms with Crippen LogP contribution >= 0.6 is 0 Å². The van der Waals surface area contributed by atoms with Crippen molar-refractivity contribution in [2.45, 2.75) is 109 Å². The van der Waals surface area contributed by atoms with Crippen molar-refractivity contribution < 1.29 is 0 Å². The first-order valence-electron chi connectivity index (χ1n) is 32.7. The van der Waals surface area contributed by atoms with Crippen molar-refractivity contribution in [3.63, 3.8) is 0 Å². The second kappa shape index (κ2) is 19.9. The van der Waals surface area contributed by atoms with Gasteiger partial charge in [-0.3, -0.25) is 0 Å². The SMILES string of the molecule is CC1(C)C2=C(CCC=C2)c2ccc(N(c3ccccc3)c3cc4c5c(c3)c3cc(CCC(c6ccccc6)c6ccc7c(c6)C(C)(C)c6ccccc6-7)ccc3n5-c3ccc(N(c5ccccc5)c5ccc6c(c5)C(C)(C)c5ccccc5-6)cc3C4(C)C)cc21. The summed E-state index contributed by atoms with van der Waals surface area (Å²) >= 11 is 0. The molecule has 12 aromatic rings. The normalized spacial score (nSPS) is 16.4. The Morgan fingerprint density at radius 2 is 0.889 bits per heavy atom. The zero-order valence-electron chi connectivity index (χ0n) is 53.0. The zero-order valence-corrected chi connectivity index (χ0v) is 53.0. The maximum absolute atomic E-state index is 2.62. The van der Waals surface area contributed by atoms with E-state index >= 15 is 0 Å². The molecule has 438 valence electrons. The Morgan fingerprint density at radius 1 is 0.378 bits per heavy atom. The Morgan fingerprint density at radius 3 is 1.54 bits per heavy atom. The Bertz CT molecular complexity index is 5010. The van der Waals surface area contributed by atoms with E-state index in [1.807, 2.05) is 0 Å². The van der Waals surface area contributed by atoms with Crippen LogP contribution in [0.2, 0.25) is 0 Å². The minimum absolute atomic E-state index is 0.0749. The lowest BCUT2D eigenvalue weighted by atomic mass is 9.74. The highest BCUT2D eigenvalue weighted by atomic mass is 15.2. The van der Waals surface area contributed by atoms with Gasteiger partial charge in [0, 0.05) is 72.5 Å². The fourth-order valence-electron chi connectivity index (χ4n) is 17.2. The minimum Gasteiger partial charge on any atom is -0.310 e. The van der Waals surface area contributed by atoms with E-state index in [0.29, 0.717) is 0 Å². The number of rotatable bonds is 11. The summed E-state index contributed by atoms with van der Waals surface area (Å²) in [4.78, 5) is 5.03. The van der Waals surface area contributed by atoms with Crippen LogP contribution in [0.4, 0.5) is 34.1 Å². The van der Waals surface area contributed by atoms with Gasteiger partial charge >= 0.3 is 0 Å². The Kier molecular flexibility index (Phi) is 12.0. The van der Waals surface area contributed by atoms with Crippen LogP contribution in [0.3, 0.4) is 0 Å². The second-order valence-electron chi connectivity index (χ2n) is 28.3. The van der Waals surface area contributed by atoms with E-state index in [1.54, 1.807) is 0 Å². The molecule has 1 aliphatic heterocycles. The standard InChI is InChI=1S/C87H75N3/c1-84(2)73-33-21-18-30-65(73)68-43-38-57(49-76(68)84)64(56-24-12-9-13-25-56)42-36-55-37-46-81-71(48-55)72-50-63(89(59-28-16-11-17-29-59)61-40-45-70-67-32-20-23-35-75(67)86(5,6)78(70)52-61)54-80-83(72)90(81)82-47-41-62(53-79(82)87(80,7)8)88(58-26-14-10-15-27-58)60-39-44-69-66-31-19-22-34-74(66)85(3,4)77(69)51-60/h9-19,21-31,33-35,37-41,43-54,64H,20,32,36,42H2,1-8H3. The Balaban J connectivity index is 0.840. The summed E-state index contributed by atoms with van der Waals surface area (Å²) in [7, 11) is 0. The van der Waals surface area contributed by atoms with Crippen LogP contribution in [0.15, 0.2) is 260 Å². The van der Waals surface area contributed by atoms with Gasteiger partial charge in [0.25, 0.3) is 0 Å². The average molecular weight is 1160 g/mol. The van der Waals surface area contributed by atoms with Gasteiger partial charge in [-0.15, -0.1) is 0 Å². The molecule has 0 radical (unpaired) electrons. The van der Waals surface area contributed by atoms with Crippen molar-refractivity contribution in [3.8, 4) is 27.9 Å². The van der Waals surface area contributed by atoms with Crippen molar-refractivity contribution in [1.82, 2.24) is 4.57 Å². The first kappa shape index (κ1) is 54.5. The molecule has 11 aromatic carbocycles. The molecule has 1 atom stereocenters. The molecule has 3 nitrogen and oxygen atoms in total. The number of hydrogen-bond acceptors (Lipinski definition) is 2. The van der Waals surface area contributed by atoms with Gasteiger partial charge in [-0.2, -0.15) is 0 Å². The third-order valence-electron chi connectivity index (χ3n) is 21.9. The predicted octanol–water partition coefficient (Wildman–Crippen LogP) is 23.1. The Hall–Kier alpha value is -9.70. The van der Waals surface area contributed by atoms with E-state index in [0.717, 1.165) is 54.1 Å². The van der Waals surface area contributed by atoms with Crippen molar-refractivity contribution in [1.29, 1.82) is 0 Å². The maximum atomic E-state index is 2.62. The van der Waals surface area contributed by atoms with E-state index in [4.69, 9.17) is 0 Å². The van der Waals surface area contributed by atoms with E-state index in [2.05, 4.69) is 325 Å². The van der Waals surface area contributed by atoms with E-state index in [-0.39, 0.29) is 22.2 Å². The largest absolute Gasteiger partial charge is 0.310 e. The molecule has 5 aliphatic rings. The molecule has 0 N–H and O–H groups in total. The van der Waals surface area contributed by atoms with Crippen molar-refractivity contribution in [2.24, 2.45) is 0 Å². The highest BCUT2D eigenvalue weighted by molar-refractivity contribution is 6.13. The summed E-state index contributed by atoms with van der Waals surface area (Å²) in [5.74, 6) is 0.221. The number of aromatic nitrogens is 1. The number of fused-ring (bicyclic) bond motifs is 13. The predicted molar refractivity (Wildman–Crippen MR) is 379 cm³/mol. The number of aryl methyl sites for hydroxylation is 1. The summed E-state index contributed by atoms with van der Waals surface area (Å²) < 4.78 is 2.62. The molecule has 4 aliphatic carbocycles. The van der Waals surface area contributed by atoms with Crippen molar-refractivity contribution in [3.05, 3.63) is 322 Å². The number of para-hydroxylation sites is 2. The fraction of sp³-hybridized carbons (Fsp3) is 0.195. The quantitative estimate of drug-likeness (QED) is 0.128. The first-order chi connectivity index (χ1) is 43.7. The lowest BCUT2D eigenvalue weighted by Crippen LogP contribution is -2.27. The van der Waals surface area contributed by atoms with Crippen LogP contribution < -0.4 is 9.80 Å². The van der Waals surface area contributed by atoms with Crippen LogP contribution in [0.1, 0.15) is 142 Å². The lowest BCUT2D eigenvalue weighted by Gasteiger charge is -2.37. The van der Waals surface area contributed by atoms with Gasteiger partial charge in [0.1, 0.15) is 0 Å². The third kappa shape index (κ3) is 8.04. The highest BCUT2D eigenvalue weighted by Gasteiger charge is 2.42. The molecule has 0 spiro atoms. The number of nitrogens with zero attached hydrogens (tertiary/aromatic N) is 3. The lowest BCUT2D eigenvalue weighted by molar-refractivity contribution is 0.630. The summed E-state index contributed by atoms with van der Waals surface area (Å²) in [6, 6.07) is 93.0. The van der Waals surface area contributed by atoms with Crippen molar-refractivity contribution >= 4 is 61.5 Å². The van der Waals surface area contributed by atoms with Crippen LogP contribution in [0, 0.1) is 0 Å². The van der Waals surface area contributed by atoms with Crippen LogP contribution in [0.25, 0.3) is 55.3 Å². The molecular formula is C87H75N3. The van der Waals surface area contributed by atoms with E-state index in [9.17, 15) is 0 Å². The highest BCUT2D eigenvalue weighted by Crippen LogP contribution is 2.57. The summed E-state index contributed by atoms with van der Waals surface area (Å²) in [6.07, 6.45) is 8.86. The molecular weight excluding hydrogens is 1090 g/mol. The van der Waals surface area contributed by atoms with Crippen LogP contribution in [-0.4, -0.2) is 4.57 Å². The molecule has 1 aromatic heterocycles. The molecule has 3 heteroatoms. The van der Waals surface area contributed by atoms with Gasteiger partial charge in [0.2, 0.25) is 0 Å². The van der Waals surface area contributed by atoms with Gasteiger partial charge < -0.3 is 14.4 Å². The minimum atomic E-state index is -0.428. The molecule has 0 saturated carbocycles. The second-order valence-corrected chi connectivity index (χ2v) is 28.3. The third-order valence-corrected chi connectivity index (χ3v) is 21.9. The van der Waals surface area contributed by atoms with Gasteiger partial charge in [-0.1, -0.05) is 219 Å². The van der Waals surface area contributed by atoms with Crippen LogP contribution in [0.5, 0.6) is 0 Å². The monoisotopic (exact) mass is 1160 g/mol. The smallest absolute Gasteiger partial charge is 0.0583 e. The summed E-state index contributed by atoms with van der Waals surface area (Å²) in [6.45, 7) is 19.4. The molecule has 1 unspecified atom stereocenters. The first-order valence-corrected chi connectivity index (χ1v) is 32.7. The number of hydrogen-bond donors (Lipinski definition) is 0. The van der Waals surface area contributed by atoms with Crippen LogP contribution in [-0.2, 0) is 28.1 Å². The molecule has 0 bridgehead atoms. The zero-order chi connectivity index (χ0) is 61.0. The molecule has 0 amide bonds. The van der Waals surface area contributed by atoms with E-state index < -0.39 is 5.41 Å². The topological polar surface area (TPSA) is 11.4 Å². The fourth-order valence-corrected chi connectivity index (χ4v) is 17.2. The van der Waals surface area contributed by atoms with Crippen molar-refractivity contribution in [2.75, 3.05) is 9.80 Å². The molecule has 0 fully saturated rings. The molecule has 0 saturated heterocycles. The number of benzene rings is 11. The van der Waals surface area contributed by atoms with Gasteiger partial charge in [0.05, 0.1) is 16.7 Å². The van der Waals surface area contributed by atoms with E-state index in [1.165, 1.54) is 128 Å². The Labute approximate surface area is 531 Å². The number of allylic oxidation sites excluding steroid dienone is 4. The number of anilines is 6. The maximum Gasteiger partial charge on any atom is 0.0583 e.